The fourth-order valence-corrected chi connectivity index (χ4v) is 6.03. The molecule has 1 aliphatic carbocycles. The van der Waals surface area contributed by atoms with Crippen molar-refractivity contribution in [2.45, 2.75) is 83.1 Å². The summed E-state index contributed by atoms with van der Waals surface area (Å²) < 4.78 is 0. The maximum Gasteiger partial charge on any atom is 0.326 e. The van der Waals surface area contributed by atoms with Crippen molar-refractivity contribution in [3.05, 3.63) is 94.5 Å². The average Bonchev–Trinajstić information content (AvgIpc) is 3.21. The number of nitrogens with one attached hydrogen (secondary N) is 1. The smallest absolute Gasteiger partial charge is 0.326 e. The van der Waals surface area contributed by atoms with E-state index in [1.54, 1.807) is 11.8 Å². The molecule has 0 radical (unpaired) electrons. The molecule has 4 rings (SSSR count). The van der Waals surface area contributed by atoms with Crippen LogP contribution in [0.15, 0.2) is 82.7 Å². The van der Waals surface area contributed by atoms with Crippen LogP contribution in [-0.4, -0.2) is 28.8 Å². The highest BCUT2D eigenvalue weighted by Crippen LogP contribution is 2.29. The van der Waals surface area contributed by atoms with Crippen molar-refractivity contribution >= 4 is 51.6 Å². The molecule has 1 unspecified atom stereocenters. The highest BCUT2D eigenvalue weighted by Gasteiger charge is 2.22. The SMILES string of the molecule is CC.CCCc1cc(C2=CC=C(Cl)CCC2)ccc1CC(NC(=O)CCCSc1ccc2ccccc2c1)C(=O)O. The minimum absolute atomic E-state index is 0.220. The third-order valence-corrected chi connectivity index (χ3v) is 8.41. The van der Waals surface area contributed by atoms with Crippen molar-refractivity contribution < 1.29 is 14.7 Å². The highest BCUT2D eigenvalue weighted by molar-refractivity contribution is 7.99. The number of carboxylic acids is 1. The first-order valence-corrected chi connectivity index (χ1v) is 16.1. The maximum atomic E-state index is 12.7. The van der Waals surface area contributed by atoms with E-state index in [0.717, 1.165) is 59.6 Å². The Hall–Kier alpha value is -3.02. The molecule has 41 heavy (non-hydrogen) atoms. The molecule has 0 spiro atoms. The quantitative estimate of drug-likeness (QED) is 0.163. The number of aliphatic carboxylic acids is 1. The summed E-state index contributed by atoms with van der Waals surface area (Å²) in [6.45, 7) is 6.12. The maximum absolute atomic E-state index is 12.7. The van der Waals surface area contributed by atoms with Crippen molar-refractivity contribution in [3.8, 4) is 0 Å². The Labute approximate surface area is 254 Å². The topological polar surface area (TPSA) is 66.4 Å². The monoisotopic (exact) mass is 591 g/mol. The number of amides is 1. The van der Waals surface area contributed by atoms with E-state index in [2.05, 4.69) is 60.8 Å². The van der Waals surface area contributed by atoms with Gasteiger partial charge in [0.15, 0.2) is 0 Å². The number of aryl methyl sites for hydroxylation is 1. The van der Waals surface area contributed by atoms with Crippen LogP contribution in [0.2, 0.25) is 0 Å². The van der Waals surface area contributed by atoms with Gasteiger partial charge >= 0.3 is 5.97 Å². The number of thioether (sulfide) groups is 1. The van der Waals surface area contributed by atoms with Gasteiger partial charge in [0.05, 0.1) is 0 Å². The molecule has 218 valence electrons. The van der Waals surface area contributed by atoms with Crippen LogP contribution in [0.5, 0.6) is 0 Å². The number of benzene rings is 3. The van der Waals surface area contributed by atoms with E-state index < -0.39 is 12.0 Å². The predicted molar refractivity (Wildman–Crippen MR) is 175 cm³/mol. The van der Waals surface area contributed by atoms with E-state index in [4.69, 9.17) is 11.6 Å². The molecule has 0 saturated heterocycles. The van der Waals surface area contributed by atoms with Crippen molar-refractivity contribution in [2.75, 3.05) is 5.75 Å². The summed E-state index contributed by atoms with van der Waals surface area (Å²) in [5.74, 6) is -0.434. The zero-order chi connectivity index (χ0) is 29.6. The molecule has 1 amide bonds. The zero-order valence-corrected chi connectivity index (χ0v) is 26.0. The molecule has 3 aromatic carbocycles. The Morgan fingerprint density at radius 2 is 1.76 bits per heavy atom. The summed E-state index contributed by atoms with van der Waals surface area (Å²) in [6, 6.07) is 20.0. The second kappa shape index (κ2) is 17.1. The summed E-state index contributed by atoms with van der Waals surface area (Å²) in [7, 11) is 0. The number of hydrogen-bond donors (Lipinski definition) is 2. The van der Waals surface area contributed by atoms with Crippen LogP contribution in [0.4, 0.5) is 0 Å². The first kappa shape index (κ1) is 32.5. The van der Waals surface area contributed by atoms with Gasteiger partial charge in [-0.25, -0.2) is 4.79 Å². The summed E-state index contributed by atoms with van der Waals surface area (Å²) in [4.78, 5) is 25.9. The Morgan fingerprint density at radius 3 is 2.51 bits per heavy atom. The number of carboxylic acid groups (broad SMARTS) is 1. The first-order valence-electron chi connectivity index (χ1n) is 14.7. The molecular formula is C35H42ClNO3S. The summed E-state index contributed by atoms with van der Waals surface area (Å²) in [5, 5.41) is 15.9. The standard InChI is InChI=1S/C33H36ClNO3S.C2H6/c1-2-7-25-20-27(24-10-5-11-29(34)17-15-24)13-14-28(25)22-31(33(37)38)35-32(36)12-6-19-39-30-18-16-23-8-3-4-9-26(23)21-30;1-2/h3-4,8-9,13-18,20-21,31H,2,5-7,10-12,19,22H2,1H3,(H,35,36)(H,37,38);1-2H3. The van der Waals surface area contributed by atoms with Crippen molar-refractivity contribution in [3.63, 3.8) is 0 Å². The Bertz CT molecular complexity index is 1380. The molecule has 2 N–H and O–H groups in total. The van der Waals surface area contributed by atoms with E-state index >= 15 is 0 Å². The van der Waals surface area contributed by atoms with Gasteiger partial charge in [-0.3, -0.25) is 4.79 Å². The number of allylic oxidation sites excluding steroid dienone is 4. The van der Waals surface area contributed by atoms with Gasteiger partial charge in [-0.05, 0) is 89.1 Å². The van der Waals surface area contributed by atoms with Crippen LogP contribution in [-0.2, 0) is 22.4 Å². The van der Waals surface area contributed by atoms with Gasteiger partial charge in [0.25, 0.3) is 0 Å². The number of fused-ring (bicyclic) bond motifs is 1. The molecule has 1 atom stereocenters. The lowest BCUT2D eigenvalue weighted by Crippen LogP contribution is -2.42. The van der Waals surface area contributed by atoms with Gasteiger partial charge in [-0.2, -0.15) is 0 Å². The van der Waals surface area contributed by atoms with Gasteiger partial charge in [0.1, 0.15) is 6.04 Å². The van der Waals surface area contributed by atoms with Crippen molar-refractivity contribution in [2.24, 2.45) is 0 Å². The van der Waals surface area contributed by atoms with E-state index in [1.807, 2.05) is 38.1 Å². The largest absolute Gasteiger partial charge is 0.480 e. The minimum Gasteiger partial charge on any atom is -0.480 e. The fraction of sp³-hybridized carbons (Fsp3) is 0.371. The normalized spacial score (nSPS) is 13.8. The number of rotatable bonds is 12. The Morgan fingerprint density at radius 1 is 0.976 bits per heavy atom. The molecule has 4 nitrogen and oxygen atoms in total. The van der Waals surface area contributed by atoms with E-state index in [-0.39, 0.29) is 12.3 Å². The number of hydrogen-bond acceptors (Lipinski definition) is 3. The first-order chi connectivity index (χ1) is 19.9. The zero-order valence-electron chi connectivity index (χ0n) is 24.4. The lowest BCUT2D eigenvalue weighted by molar-refractivity contribution is -0.141. The number of carbonyl (C=O) groups is 2. The van der Waals surface area contributed by atoms with Gasteiger partial charge in [0.2, 0.25) is 5.91 Å². The van der Waals surface area contributed by atoms with Crippen LogP contribution in [0.1, 0.15) is 76.0 Å². The van der Waals surface area contributed by atoms with Gasteiger partial charge in [-0.1, -0.05) is 93.4 Å². The second-order valence-electron chi connectivity index (χ2n) is 10.0. The van der Waals surface area contributed by atoms with Crippen LogP contribution in [0, 0.1) is 0 Å². The van der Waals surface area contributed by atoms with Crippen molar-refractivity contribution in [1.29, 1.82) is 0 Å². The molecule has 0 heterocycles. The van der Waals surface area contributed by atoms with Gasteiger partial charge in [-0.15, -0.1) is 11.8 Å². The fourth-order valence-electron chi connectivity index (χ4n) is 4.94. The van der Waals surface area contributed by atoms with Gasteiger partial charge in [0, 0.05) is 22.8 Å². The lowest BCUT2D eigenvalue weighted by atomic mass is 9.91. The molecule has 1 aliphatic rings. The molecule has 3 aromatic rings. The van der Waals surface area contributed by atoms with E-state index in [0.29, 0.717) is 12.8 Å². The number of halogens is 1. The molecule has 0 aliphatic heterocycles. The molecule has 0 saturated carbocycles. The lowest BCUT2D eigenvalue weighted by Gasteiger charge is -2.18. The van der Waals surface area contributed by atoms with Crippen molar-refractivity contribution in [1.82, 2.24) is 5.32 Å². The molecule has 0 fully saturated rings. The third-order valence-electron chi connectivity index (χ3n) is 7.02. The molecule has 0 bridgehead atoms. The summed E-state index contributed by atoms with van der Waals surface area (Å²) >= 11 is 7.94. The molecular weight excluding hydrogens is 550 g/mol. The van der Waals surface area contributed by atoms with E-state index in [1.165, 1.54) is 21.2 Å². The summed E-state index contributed by atoms with van der Waals surface area (Å²) in [5.41, 5.74) is 4.52. The van der Waals surface area contributed by atoms with E-state index in [9.17, 15) is 14.7 Å². The van der Waals surface area contributed by atoms with Crippen LogP contribution in [0.25, 0.3) is 16.3 Å². The van der Waals surface area contributed by atoms with Crippen LogP contribution in [0.3, 0.4) is 0 Å². The number of carbonyl (C=O) groups excluding carboxylic acids is 1. The minimum atomic E-state index is -1.01. The predicted octanol–water partition coefficient (Wildman–Crippen LogP) is 9.19. The Balaban J connectivity index is 0.00000226. The average molecular weight is 592 g/mol. The molecule has 0 aromatic heterocycles. The summed E-state index contributed by atoms with van der Waals surface area (Å²) in [6.07, 6.45) is 10.0. The third kappa shape index (κ3) is 10.1. The van der Waals surface area contributed by atoms with Crippen LogP contribution < -0.4 is 5.32 Å². The highest BCUT2D eigenvalue weighted by atomic mass is 35.5. The van der Waals surface area contributed by atoms with Gasteiger partial charge < -0.3 is 10.4 Å². The second-order valence-corrected chi connectivity index (χ2v) is 11.7. The molecule has 6 heteroatoms. The van der Waals surface area contributed by atoms with Crippen LogP contribution >= 0.6 is 23.4 Å². The Kier molecular flexibility index (Phi) is 13.5.